The van der Waals surface area contributed by atoms with E-state index in [2.05, 4.69) is 4.74 Å². The van der Waals surface area contributed by atoms with Crippen molar-refractivity contribution >= 4 is 7.85 Å². The number of halogens is 3. The molecule has 0 bridgehead atoms. The summed E-state index contributed by atoms with van der Waals surface area (Å²) in [5.41, 5.74) is 0. The average Bonchev–Trinajstić information content (AvgIpc) is 2.23. The Morgan fingerprint density at radius 1 is 1.06 bits per heavy atom. The van der Waals surface area contributed by atoms with Crippen molar-refractivity contribution in [2.45, 2.75) is 12.5 Å². The predicted octanol–water partition coefficient (Wildman–Crippen LogP) is 2.06. The summed E-state index contributed by atoms with van der Waals surface area (Å²) in [5.74, 6) is 0.460. The summed E-state index contributed by atoms with van der Waals surface area (Å²) in [6, 6.07) is 6.33. The standard InChI is InChI=1S/C10H12BF3O2/c11-5-6-15-8-3-1-2-4-9(8)16-7-10(12,13)14/h1-4H,5-7,11H2. The van der Waals surface area contributed by atoms with Crippen LogP contribution in [0.1, 0.15) is 0 Å². The lowest BCUT2D eigenvalue weighted by Crippen LogP contribution is -2.19. The SMILES string of the molecule is BCCOc1ccccc1OCC(F)(F)F. The van der Waals surface area contributed by atoms with E-state index in [1.165, 1.54) is 6.07 Å². The molecular weight excluding hydrogens is 220 g/mol. The van der Waals surface area contributed by atoms with Crippen molar-refractivity contribution < 1.29 is 22.6 Å². The van der Waals surface area contributed by atoms with Gasteiger partial charge in [-0.2, -0.15) is 13.2 Å². The van der Waals surface area contributed by atoms with Crippen LogP contribution in [0, 0.1) is 0 Å². The van der Waals surface area contributed by atoms with Gasteiger partial charge in [0.2, 0.25) is 0 Å². The molecule has 0 amide bonds. The molecule has 6 heteroatoms. The first-order chi connectivity index (χ1) is 7.53. The van der Waals surface area contributed by atoms with Gasteiger partial charge >= 0.3 is 6.18 Å². The summed E-state index contributed by atoms with van der Waals surface area (Å²) >= 11 is 0. The van der Waals surface area contributed by atoms with Crippen molar-refractivity contribution in [2.75, 3.05) is 13.2 Å². The minimum absolute atomic E-state index is 0.119. The van der Waals surface area contributed by atoms with Gasteiger partial charge < -0.3 is 9.47 Å². The van der Waals surface area contributed by atoms with Gasteiger partial charge in [-0.3, -0.25) is 0 Å². The zero-order valence-electron chi connectivity index (χ0n) is 8.88. The highest BCUT2D eigenvalue weighted by atomic mass is 19.4. The van der Waals surface area contributed by atoms with E-state index in [1.807, 2.05) is 7.85 Å². The quantitative estimate of drug-likeness (QED) is 0.723. The molecule has 0 fully saturated rings. The first kappa shape index (κ1) is 12.7. The molecule has 1 aromatic rings. The van der Waals surface area contributed by atoms with E-state index in [9.17, 15) is 13.2 Å². The minimum Gasteiger partial charge on any atom is -0.490 e. The molecule has 0 aromatic heterocycles. The molecule has 2 nitrogen and oxygen atoms in total. The Balaban J connectivity index is 2.63. The number of para-hydroxylation sites is 2. The second-order valence-corrected chi connectivity index (χ2v) is 3.20. The fraction of sp³-hybridized carbons (Fsp3) is 0.400. The Hall–Kier alpha value is -1.33. The fourth-order valence-corrected chi connectivity index (χ4v) is 1.06. The molecule has 0 spiro atoms. The number of rotatable bonds is 5. The number of alkyl halides is 3. The summed E-state index contributed by atoms with van der Waals surface area (Å²) < 4.78 is 45.8. The smallest absolute Gasteiger partial charge is 0.422 e. The topological polar surface area (TPSA) is 18.5 Å². The molecule has 1 aromatic carbocycles. The van der Waals surface area contributed by atoms with Crippen LogP contribution in [0.5, 0.6) is 11.5 Å². The van der Waals surface area contributed by atoms with Gasteiger partial charge in [0, 0.05) is 0 Å². The molecule has 0 unspecified atom stereocenters. The number of benzene rings is 1. The summed E-state index contributed by atoms with van der Waals surface area (Å²) in [7, 11) is 1.92. The van der Waals surface area contributed by atoms with Crippen molar-refractivity contribution in [2.24, 2.45) is 0 Å². The van der Waals surface area contributed by atoms with E-state index in [-0.39, 0.29) is 5.75 Å². The predicted molar refractivity (Wildman–Crippen MR) is 56.8 cm³/mol. The third kappa shape index (κ3) is 4.46. The first-order valence-electron chi connectivity index (χ1n) is 4.94. The molecule has 0 aliphatic carbocycles. The van der Waals surface area contributed by atoms with E-state index in [4.69, 9.17) is 4.74 Å². The maximum Gasteiger partial charge on any atom is 0.422 e. The molecular formula is C10H12BF3O2. The zero-order chi connectivity index (χ0) is 12.0. The van der Waals surface area contributed by atoms with E-state index >= 15 is 0 Å². The average molecular weight is 232 g/mol. The van der Waals surface area contributed by atoms with Crippen molar-refractivity contribution in [3.63, 3.8) is 0 Å². The van der Waals surface area contributed by atoms with Crippen molar-refractivity contribution in [3.8, 4) is 11.5 Å². The fourth-order valence-electron chi connectivity index (χ4n) is 1.06. The summed E-state index contributed by atoms with van der Waals surface area (Å²) in [6.07, 6.45) is -3.55. The van der Waals surface area contributed by atoms with Gasteiger partial charge in [-0.25, -0.2) is 0 Å². The molecule has 0 N–H and O–H groups in total. The van der Waals surface area contributed by atoms with E-state index in [0.29, 0.717) is 12.4 Å². The van der Waals surface area contributed by atoms with E-state index in [1.54, 1.807) is 18.2 Å². The maximum atomic E-state index is 12.0. The second-order valence-electron chi connectivity index (χ2n) is 3.20. The third-order valence-corrected chi connectivity index (χ3v) is 1.70. The summed E-state index contributed by atoms with van der Waals surface area (Å²) in [4.78, 5) is 0. The molecule has 0 saturated heterocycles. The Morgan fingerprint density at radius 3 is 2.12 bits per heavy atom. The molecule has 0 aliphatic rings. The summed E-state index contributed by atoms with van der Waals surface area (Å²) in [6.45, 7) is -0.855. The second kappa shape index (κ2) is 5.68. The van der Waals surface area contributed by atoms with Gasteiger partial charge in [-0.05, 0) is 18.5 Å². The van der Waals surface area contributed by atoms with Gasteiger partial charge in [0.05, 0.1) is 6.61 Å². The molecule has 0 radical (unpaired) electrons. The summed E-state index contributed by atoms with van der Waals surface area (Å²) in [5, 5.41) is 0. The van der Waals surface area contributed by atoms with Crippen LogP contribution in [0.15, 0.2) is 24.3 Å². The Labute approximate surface area is 92.8 Å². The van der Waals surface area contributed by atoms with Crippen LogP contribution in [0.2, 0.25) is 6.32 Å². The van der Waals surface area contributed by atoms with Crippen LogP contribution in [0.25, 0.3) is 0 Å². The van der Waals surface area contributed by atoms with Gasteiger partial charge in [0.25, 0.3) is 0 Å². The molecule has 1 rings (SSSR count). The lowest BCUT2D eigenvalue weighted by Gasteiger charge is -2.13. The molecule has 88 valence electrons. The van der Waals surface area contributed by atoms with E-state index < -0.39 is 12.8 Å². The zero-order valence-corrected chi connectivity index (χ0v) is 8.88. The Bertz CT molecular complexity index is 328. The number of hydrogen-bond acceptors (Lipinski definition) is 2. The molecule has 0 atom stereocenters. The van der Waals surface area contributed by atoms with Crippen molar-refractivity contribution in [1.29, 1.82) is 0 Å². The van der Waals surface area contributed by atoms with Crippen LogP contribution in [0.4, 0.5) is 13.2 Å². The largest absolute Gasteiger partial charge is 0.490 e. The lowest BCUT2D eigenvalue weighted by atomic mass is 10.1. The molecule has 0 aliphatic heterocycles. The Morgan fingerprint density at radius 2 is 1.62 bits per heavy atom. The van der Waals surface area contributed by atoms with Gasteiger partial charge in [0.1, 0.15) is 7.85 Å². The molecule has 0 saturated carbocycles. The molecule has 16 heavy (non-hydrogen) atoms. The highest BCUT2D eigenvalue weighted by Gasteiger charge is 2.28. The monoisotopic (exact) mass is 232 g/mol. The highest BCUT2D eigenvalue weighted by Crippen LogP contribution is 2.28. The van der Waals surface area contributed by atoms with Gasteiger partial charge in [-0.1, -0.05) is 12.1 Å². The first-order valence-corrected chi connectivity index (χ1v) is 4.94. The third-order valence-electron chi connectivity index (χ3n) is 1.70. The van der Waals surface area contributed by atoms with Crippen molar-refractivity contribution in [3.05, 3.63) is 24.3 Å². The highest BCUT2D eigenvalue weighted by molar-refractivity contribution is 6.08. The van der Waals surface area contributed by atoms with Crippen molar-refractivity contribution in [1.82, 2.24) is 0 Å². The molecule has 0 heterocycles. The Kier molecular flexibility index (Phi) is 4.52. The maximum absolute atomic E-state index is 12.0. The number of hydrogen-bond donors (Lipinski definition) is 0. The van der Waals surface area contributed by atoms with Crippen LogP contribution < -0.4 is 9.47 Å². The van der Waals surface area contributed by atoms with E-state index in [0.717, 1.165) is 6.32 Å². The van der Waals surface area contributed by atoms with Gasteiger partial charge in [-0.15, -0.1) is 0 Å². The number of ether oxygens (including phenoxy) is 2. The lowest BCUT2D eigenvalue weighted by molar-refractivity contribution is -0.153. The normalized spacial score (nSPS) is 11.2. The van der Waals surface area contributed by atoms with Crippen LogP contribution in [-0.2, 0) is 0 Å². The van der Waals surface area contributed by atoms with Crippen LogP contribution >= 0.6 is 0 Å². The minimum atomic E-state index is -4.34. The van der Waals surface area contributed by atoms with Crippen LogP contribution in [-0.4, -0.2) is 27.2 Å². The van der Waals surface area contributed by atoms with Crippen LogP contribution in [0.3, 0.4) is 0 Å². The van der Waals surface area contributed by atoms with Gasteiger partial charge in [0.15, 0.2) is 18.1 Å².